The van der Waals surface area contributed by atoms with Gasteiger partial charge < -0.3 is 9.47 Å². The van der Waals surface area contributed by atoms with E-state index in [0.29, 0.717) is 32.0 Å². The summed E-state index contributed by atoms with van der Waals surface area (Å²) in [6.45, 7) is 4.04. The first kappa shape index (κ1) is 18.7. The van der Waals surface area contributed by atoms with E-state index in [0.717, 1.165) is 34.5 Å². The van der Waals surface area contributed by atoms with E-state index >= 15 is 0 Å². The first-order chi connectivity index (χ1) is 14.6. The molecule has 5 rings (SSSR count). The molecule has 0 aliphatic carbocycles. The number of aryl methyl sites for hydroxylation is 1. The molecule has 0 unspecified atom stereocenters. The third-order valence-corrected chi connectivity index (χ3v) is 6.21. The Hall–Kier alpha value is -3.28. The quantitative estimate of drug-likeness (QED) is 0.678. The molecule has 6 heteroatoms. The minimum Gasteiger partial charge on any atom is -0.341 e. The van der Waals surface area contributed by atoms with Crippen LogP contribution in [0.25, 0.3) is 11.1 Å². The Bertz CT molecular complexity index is 1160. The van der Waals surface area contributed by atoms with Gasteiger partial charge >= 0.3 is 0 Å². The SMILES string of the molecule is Cc1ccnc(CC(=O)N2C[C@@H]3C[C@H](C2)c2cc(-c4cccnc4)cc(=O)n2C3)c1. The van der Waals surface area contributed by atoms with Gasteiger partial charge in [0.1, 0.15) is 0 Å². The molecule has 0 saturated carbocycles. The number of hydrogen-bond acceptors (Lipinski definition) is 4. The van der Waals surface area contributed by atoms with E-state index in [4.69, 9.17) is 0 Å². The predicted molar refractivity (Wildman–Crippen MR) is 114 cm³/mol. The van der Waals surface area contributed by atoms with Crippen molar-refractivity contribution in [1.82, 2.24) is 19.4 Å². The minimum absolute atomic E-state index is 0.0322. The van der Waals surface area contributed by atoms with Gasteiger partial charge in [-0.25, -0.2) is 0 Å². The standard InChI is InChI=1S/C24H24N4O2/c1-16-4-6-26-21(7-16)11-23(29)27-13-17-8-20(15-27)22-9-19(10-24(30)28(22)14-17)18-3-2-5-25-12-18/h2-7,9-10,12,17,20H,8,11,13-15H2,1H3/t17-,20+/m0/s1. The van der Waals surface area contributed by atoms with Crippen LogP contribution in [0.2, 0.25) is 0 Å². The maximum Gasteiger partial charge on any atom is 0.251 e. The summed E-state index contributed by atoms with van der Waals surface area (Å²) in [7, 11) is 0. The van der Waals surface area contributed by atoms with Crippen molar-refractivity contribution in [2.24, 2.45) is 5.92 Å². The van der Waals surface area contributed by atoms with Gasteiger partial charge in [0.15, 0.2) is 0 Å². The number of piperidine rings is 1. The van der Waals surface area contributed by atoms with Crippen LogP contribution in [-0.2, 0) is 17.8 Å². The maximum atomic E-state index is 13.0. The number of pyridine rings is 3. The average molecular weight is 400 g/mol. The smallest absolute Gasteiger partial charge is 0.251 e. The molecule has 3 aromatic rings. The molecule has 0 spiro atoms. The van der Waals surface area contributed by atoms with Crippen molar-refractivity contribution in [3.63, 3.8) is 0 Å². The lowest BCUT2D eigenvalue weighted by molar-refractivity contribution is -0.133. The molecule has 5 heterocycles. The summed E-state index contributed by atoms with van der Waals surface area (Å²) in [5, 5.41) is 0. The summed E-state index contributed by atoms with van der Waals surface area (Å²) in [6.07, 6.45) is 6.60. The molecule has 152 valence electrons. The molecule has 1 fully saturated rings. The molecule has 2 aliphatic rings. The van der Waals surface area contributed by atoms with Gasteiger partial charge in [-0.15, -0.1) is 0 Å². The van der Waals surface area contributed by atoms with Crippen molar-refractivity contribution < 1.29 is 4.79 Å². The number of likely N-dealkylation sites (tertiary alicyclic amines) is 1. The number of rotatable bonds is 3. The molecule has 0 aromatic carbocycles. The third-order valence-electron chi connectivity index (χ3n) is 6.21. The highest BCUT2D eigenvalue weighted by Gasteiger charge is 2.36. The monoisotopic (exact) mass is 400 g/mol. The van der Waals surface area contributed by atoms with Gasteiger partial charge in [-0.05, 0) is 54.7 Å². The summed E-state index contributed by atoms with van der Waals surface area (Å²) >= 11 is 0. The molecule has 3 aromatic heterocycles. The Labute approximate surface area is 175 Å². The van der Waals surface area contributed by atoms with Crippen molar-refractivity contribution in [3.05, 3.63) is 82.3 Å². The normalized spacial score (nSPS) is 20.0. The van der Waals surface area contributed by atoms with E-state index in [1.165, 1.54) is 0 Å². The fraction of sp³-hybridized carbons (Fsp3) is 0.333. The van der Waals surface area contributed by atoms with E-state index in [2.05, 4.69) is 16.0 Å². The van der Waals surface area contributed by atoms with Crippen molar-refractivity contribution in [2.45, 2.75) is 32.2 Å². The van der Waals surface area contributed by atoms with E-state index < -0.39 is 0 Å². The van der Waals surface area contributed by atoms with E-state index in [-0.39, 0.29) is 17.4 Å². The zero-order valence-corrected chi connectivity index (χ0v) is 17.0. The predicted octanol–water partition coefficient (Wildman–Crippen LogP) is 2.80. The van der Waals surface area contributed by atoms with Crippen LogP contribution in [0.1, 0.15) is 29.3 Å². The highest BCUT2D eigenvalue weighted by Crippen LogP contribution is 2.36. The van der Waals surface area contributed by atoms with Gasteiger partial charge in [0, 0.05) is 67.2 Å². The molecule has 2 aliphatic heterocycles. The largest absolute Gasteiger partial charge is 0.341 e. The topological polar surface area (TPSA) is 68.1 Å². The summed E-state index contributed by atoms with van der Waals surface area (Å²) in [6, 6.07) is 11.6. The maximum absolute atomic E-state index is 13.0. The third kappa shape index (κ3) is 3.54. The molecular weight excluding hydrogens is 376 g/mol. The van der Waals surface area contributed by atoms with Gasteiger partial charge in [-0.1, -0.05) is 6.07 Å². The molecule has 0 N–H and O–H groups in total. The van der Waals surface area contributed by atoms with Crippen LogP contribution in [0.3, 0.4) is 0 Å². The first-order valence-corrected chi connectivity index (χ1v) is 10.4. The molecule has 0 radical (unpaired) electrons. The zero-order chi connectivity index (χ0) is 20.7. The number of hydrogen-bond donors (Lipinski definition) is 0. The second-order valence-corrected chi connectivity index (χ2v) is 8.46. The lowest BCUT2D eigenvalue weighted by Gasteiger charge is -2.43. The fourth-order valence-corrected chi connectivity index (χ4v) is 4.83. The molecule has 30 heavy (non-hydrogen) atoms. The Kier molecular flexibility index (Phi) is 4.69. The summed E-state index contributed by atoms with van der Waals surface area (Å²) < 4.78 is 1.91. The molecule has 1 amide bonds. The molecular formula is C24H24N4O2. The number of carbonyl (C=O) groups is 1. The number of nitrogens with zero attached hydrogens (tertiary/aromatic N) is 4. The van der Waals surface area contributed by atoms with Crippen molar-refractivity contribution >= 4 is 5.91 Å². The minimum atomic E-state index is 0.0322. The Balaban J connectivity index is 1.41. The van der Waals surface area contributed by atoms with Gasteiger partial charge in [0.05, 0.1) is 6.42 Å². The fourth-order valence-electron chi connectivity index (χ4n) is 4.83. The number of amides is 1. The lowest BCUT2D eigenvalue weighted by atomic mass is 9.82. The Morgan fingerprint density at radius 3 is 2.80 bits per heavy atom. The van der Waals surface area contributed by atoms with Gasteiger partial charge in [0.2, 0.25) is 5.91 Å². The molecule has 1 saturated heterocycles. The van der Waals surface area contributed by atoms with Crippen molar-refractivity contribution in [2.75, 3.05) is 13.1 Å². The van der Waals surface area contributed by atoms with E-state index in [9.17, 15) is 9.59 Å². The van der Waals surface area contributed by atoms with Crippen LogP contribution < -0.4 is 5.56 Å². The van der Waals surface area contributed by atoms with Gasteiger partial charge in [-0.2, -0.15) is 0 Å². The number of aromatic nitrogens is 3. The molecule has 2 atom stereocenters. The van der Waals surface area contributed by atoms with Gasteiger partial charge in [0.25, 0.3) is 5.56 Å². The van der Waals surface area contributed by atoms with E-state index in [1.54, 1.807) is 24.7 Å². The second-order valence-electron chi connectivity index (χ2n) is 8.46. The average Bonchev–Trinajstić information content (AvgIpc) is 2.75. The van der Waals surface area contributed by atoms with Crippen LogP contribution in [0.15, 0.2) is 59.8 Å². The zero-order valence-electron chi connectivity index (χ0n) is 17.0. The Morgan fingerprint density at radius 2 is 2.00 bits per heavy atom. The summed E-state index contributed by atoms with van der Waals surface area (Å²) in [5.41, 5.74) is 4.82. The van der Waals surface area contributed by atoms with Crippen LogP contribution >= 0.6 is 0 Å². The van der Waals surface area contributed by atoms with Crippen molar-refractivity contribution in [3.8, 4) is 11.1 Å². The van der Waals surface area contributed by atoms with Crippen LogP contribution in [-0.4, -0.2) is 38.4 Å². The van der Waals surface area contributed by atoms with Crippen molar-refractivity contribution in [1.29, 1.82) is 0 Å². The Morgan fingerprint density at radius 1 is 1.10 bits per heavy atom. The molecule has 2 bridgehead atoms. The highest BCUT2D eigenvalue weighted by molar-refractivity contribution is 5.78. The van der Waals surface area contributed by atoms with Crippen LogP contribution in [0, 0.1) is 12.8 Å². The summed E-state index contributed by atoms with van der Waals surface area (Å²) in [4.78, 5) is 36.3. The number of carbonyl (C=O) groups excluding carboxylic acids is 1. The van der Waals surface area contributed by atoms with E-state index in [1.807, 2.05) is 40.7 Å². The van der Waals surface area contributed by atoms with Gasteiger partial charge in [-0.3, -0.25) is 19.6 Å². The van der Waals surface area contributed by atoms with Crippen LogP contribution in [0.4, 0.5) is 0 Å². The molecule has 6 nitrogen and oxygen atoms in total. The number of fused-ring (bicyclic) bond motifs is 4. The highest BCUT2D eigenvalue weighted by atomic mass is 16.2. The summed E-state index contributed by atoms with van der Waals surface area (Å²) in [5.74, 6) is 0.603. The first-order valence-electron chi connectivity index (χ1n) is 10.4. The lowest BCUT2D eigenvalue weighted by Crippen LogP contribution is -2.49. The second kappa shape index (κ2) is 7.52. The van der Waals surface area contributed by atoms with Crippen LogP contribution in [0.5, 0.6) is 0 Å².